The Bertz CT molecular complexity index is 363. The molecule has 0 aromatic heterocycles. The van der Waals surface area contributed by atoms with E-state index in [2.05, 4.69) is 22.5 Å². The Kier molecular flexibility index (Phi) is 12.1. The predicted molar refractivity (Wildman–Crippen MR) is 85.8 cm³/mol. The van der Waals surface area contributed by atoms with Crippen LogP contribution in [-0.4, -0.2) is 44.0 Å². The van der Waals surface area contributed by atoms with Gasteiger partial charge in [-0.15, -0.1) is 6.58 Å². The van der Waals surface area contributed by atoms with E-state index < -0.39 is 24.3 Å². The summed E-state index contributed by atoms with van der Waals surface area (Å²) in [7, 11) is 0. The fourth-order valence-electron chi connectivity index (χ4n) is 1.38. The fourth-order valence-corrected chi connectivity index (χ4v) is 1.38. The summed E-state index contributed by atoms with van der Waals surface area (Å²) in [5.74, 6) is -0.593. The minimum Gasteiger partial charge on any atom is -0.450 e. The van der Waals surface area contributed by atoms with Gasteiger partial charge in [0.1, 0.15) is 0 Å². The Morgan fingerprint density at radius 3 is 1.87 bits per heavy atom. The molecular weight excluding hydrogens is 302 g/mol. The van der Waals surface area contributed by atoms with Crippen LogP contribution in [-0.2, 0) is 14.3 Å². The lowest BCUT2D eigenvalue weighted by molar-refractivity contribution is -0.123. The second-order valence-corrected chi connectivity index (χ2v) is 4.73. The van der Waals surface area contributed by atoms with Crippen LogP contribution in [0.25, 0.3) is 0 Å². The third-order valence-electron chi connectivity index (χ3n) is 2.67. The second kappa shape index (κ2) is 13.4. The van der Waals surface area contributed by atoms with Gasteiger partial charge in [-0.25, -0.2) is 9.59 Å². The van der Waals surface area contributed by atoms with Gasteiger partial charge < -0.3 is 14.8 Å². The summed E-state index contributed by atoms with van der Waals surface area (Å²) in [6.45, 7) is 8.08. The maximum atomic E-state index is 11.9. The second-order valence-electron chi connectivity index (χ2n) is 4.73. The number of alkyl carbamates (subject to hydrolysis) is 2. The zero-order valence-corrected chi connectivity index (χ0v) is 13.9. The van der Waals surface area contributed by atoms with Gasteiger partial charge in [-0.05, 0) is 12.8 Å². The normalized spacial score (nSPS) is 9.87. The lowest BCUT2D eigenvalue weighted by atomic mass is 10.4. The number of amides is 3. The Labute approximate surface area is 137 Å². The van der Waals surface area contributed by atoms with E-state index >= 15 is 0 Å². The van der Waals surface area contributed by atoms with E-state index in [4.69, 9.17) is 9.47 Å². The molecule has 0 aliphatic rings. The standard InChI is InChI=1S/C15H27N3O5/c1-4-7-10-22-14(20)17-12(13(19)16-9-6-3)18-15(21)23-11-8-5-2/h6,12H,3-5,7-11H2,1-2H3,(H,16,19)(H,17,20)(H,18,21). The monoisotopic (exact) mass is 329 g/mol. The molecule has 0 aromatic rings. The molecule has 0 aromatic carbocycles. The SMILES string of the molecule is C=CCNC(=O)C(NC(=O)OCCCC)NC(=O)OCCCC. The van der Waals surface area contributed by atoms with E-state index in [1.807, 2.05) is 13.8 Å². The van der Waals surface area contributed by atoms with E-state index in [1.54, 1.807) is 0 Å². The molecule has 0 saturated carbocycles. The van der Waals surface area contributed by atoms with Crippen molar-refractivity contribution in [3.05, 3.63) is 12.7 Å². The molecule has 0 unspecified atom stereocenters. The molecule has 0 radical (unpaired) electrons. The van der Waals surface area contributed by atoms with Crippen LogP contribution >= 0.6 is 0 Å². The smallest absolute Gasteiger partial charge is 0.409 e. The quantitative estimate of drug-likeness (QED) is 0.304. The highest BCUT2D eigenvalue weighted by Gasteiger charge is 2.23. The number of rotatable bonds is 11. The van der Waals surface area contributed by atoms with E-state index in [-0.39, 0.29) is 19.8 Å². The summed E-state index contributed by atoms with van der Waals surface area (Å²) in [5.41, 5.74) is 0. The molecule has 3 amide bonds. The first-order valence-electron chi connectivity index (χ1n) is 7.80. The van der Waals surface area contributed by atoms with Gasteiger partial charge in [-0.3, -0.25) is 15.4 Å². The largest absolute Gasteiger partial charge is 0.450 e. The first-order valence-corrected chi connectivity index (χ1v) is 7.80. The number of ether oxygens (including phenoxy) is 2. The average Bonchev–Trinajstić information content (AvgIpc) is 2.52. The molecule has 0 spiro atoms. The predicted octanol–water partition coefficient (Wildman–Crippen LogP) is 1.67. The molecule has 0 aliphatic heterocycles. The molecule has 0 saturated heterocycles. The maximum absolute atomic E-state index is 11.9. The highest BCUT2D eigenvalue weighted by Crippen LogP contribution is 1.92. The van der Waals surface area contributed by atoms with Crippen LogP contribution in [0.15, 0.2) is 12.7 Å². The number of unbranched alkanes of at least 4 members (excludes halogenated alkanes) is 2. The van der Waals surface area contributed by atoms with Gasteiger partial charge in [0, 0.05) is 6.54 Å². The molecule has 0 atom stereocenters. The van der Waals surface area contributed by atoms with Crippen LogP contribution in [0.3, 0.4) is 0 Å². The Morgan fingerprint density at radius 2 is 1.48 bits per heavy atom. The van der Waals surface area contributed by atoms with Crippen LogP contribution in [0.5, 0.6) is 0 Å². The number of hydrogen-bond donors (Lipinski definition) is 3. The highest BCUT2D eigenvalue weighted by atomic mass is 16.6. The van der Waals surface area contributed by atoms with Crippen molar-refractivity contribution < 1.29 is 23.9 Å². The van der Waals surface area contributed by atoms with Gasteiger partial charge in [0.15, 0.2) is 6.17 Å². The van der Waals surface area contributed by atoms with Gasteiger partial charge in [0.05, 0.1) is 13.2 Å². The summed E-state index contributed by atoms with van der Waals surface area (Å²) < 4.78 is 9.81. The summed E-state index contributed by atoms with van der Waals surface area (Å²) in [5, 5.41) is 7.05. The number of hydrogen-bond acceptors (Lipinski definition) is 5. The van der Waals surface area contributed by atoms with Gasteiger partial charge in [-0.1, -0.05) is 32.8 Å². The number of nitrogens with one attached hydrogen (secondary N) is 3. The molecule has 3 N–H and O–H groups in total. The third-order valence-corrected chi connectivity index (χ3v) is 2.67. The summed E-state index contributed by atoms with van der Waals surface area (Å²) in [6, 6.07) is 0. The van der Waals surface area contributed by atoms with Crippen molar-refractivity contribution in [2.45, 2.75) is 45.7 Å². The fraction of sp³-hybridized carbons (Fsp3) is 0.667. The van der Waals surface area contributed by atoms with Crippen LogP contribution in [0.2, 0.25) is 0 Å². The van der Waals surface area contributed by atoms with Crippen molar-refractivity contribution in [1.29, 1.82) is 0 Å². The highest BCUT2D eigenvalue weighted by molar-refractivity contribution is 5.88. The molecule has 132 valence electrons. The lowest BCUT2D eigenvalue weighted by Gasteiger charge is -2.19. The zero-order valence-electron chi connectivity index (χ0n) is 13.9. The molecular formula is C15H27N3O5. The van der Waals surface area contributed by atoms with Gasteiger partial charge in [0.2, 0.25) is 0 Å². The Morgan fingerprint density at radius 1 is 1.00 bits per heavy atom. The topological polar surface area (TPSA) is 106 Å². The van der Waals surface area contributed by atoms with Crippen LogP contribution in [0.1, 0.15) is 39.5 Å². The number of carbonyl (C=O) groups is 3. The van der Waals surface area contributed by atoms with E-state index in [9.17, 15) is 14.4 Å². The minimum atomic E-state index is -1.28. The van der Waals surface area contributed by atoms with E-state index in [0.29, 0.717) is 12.8 Å². The molecule has 0 aliphatic carbocycles. The molecule has 0 fully saturated rings. The van der Waals surface area contributed by atoms with Gasteiger partial charge in [-0.2, -0.15) is 0 Å². The van der Waals surface area contributed by atoms with Crippen LogP contribution < -0.4 is 16.0 Å². The van der Waals surface area contributed by atoms with Crippen molar-refractivity contribution in [2.75, 3.05) is 19.8 Å². The minimum absolute atomic E-state index is 0.203. The summed E-state index contributed by atoms with van der Waals surface area (Å²) in [4.78, 5) is 35.2. The van der Waals surface area contributed by atoms with Gasteiger partial charge in [0.25, 0.3) is 5.91 Å². The van der Waals surface area contributed by atoms with Crippen molar-refractivity contribution >= 4 is 18.1 Å². The lowest BCUT2D eigenvalue weighted by Crippen LogP contribution is -2.57. The molecule has 23 heavy (non-hydrogen) atoms. The average molecular weight is 329 g/mol. The molecule has 8 heteroatoms. The summed E-state index contributed by atoms with van der Waals surface area (Å²) >= 11 is 0. The Hall–Kier alpha value is -2.25. The maximum Gasteiger partial charge on any atom is 0.409 e. The third kappa shape index (κ3) is 11.0. The van der Waals surface area contributed by atoms with E-state index in [1.165, 1.54) is 6.08 Å². The van der Waals surface area contributed by atoms with Gasteiger partial charge >= 0.3 is 12.2 Å². The first-order chi connectivity index (χ1) is 11.0. The molecule has 8 nitrogen and oxygen atoms in total. The Balaban J connectivity index is 4.48. The number of carbonyl (C=O) groups excluding carboxylic acids is 3. The van der Waals surface area contributed by atoms with Crippen molar-refractivity contribution in [2.24, 2.45) is 0 Å². The summed E-state index contributed by atoms with van der Waals surface area (Å²) in [6.07, 6.45) is 1.81. The first kappa shape index (κ1) is 20.8. The molecule has 0 rings (SSSR count). The van der Waals surface area contributed by atoms with Crippen molar-refractivity contribution in [3.8, 4) is 0 Å². The van der Waals surface area contributed by atoms with Crippen molar-refractivity contribution in [1.82, 2.24) is 16.0 Å². The van der Waals surface area contributed by atoms with Crippen molar-refractivity contribution in [3.63, 3.8) is 0 Å². The van der Waals surface area contributed by atoms with E-state index in [0.717, 1.165) is 12.8 Å². The molecule has 0 heterocycles. The molecule has 0 bridgehead atoms. The van der Waals surface area contributed by atoms with Crippen LogP contribution in [0.4, 0.5) is 9.59 Å². The zero-order chi connectivity index (χ0) is 17.5. The van der Waals surface area contributed by atoms with Crippen LogP contribution in [0, 0.1) is 0 Å².